The molecule has 1 aliphatic rings. The lowest BCUT2D eigenvalue weighted by molar-refractivity contribution is 0.0374. The van der Waals surface area contributed by atoms with Crippen molar-refractivity contribution < 1.29 is 18.6 Å². The molecule has 1 saturated heterocycles. The summed E-state index contributed by atoms with van der Waals surface area (Å²) >= 11 is 6.47. The molecule has 0 aromatic heterocycles. The van der Waals surface area contributed by atoms with Gasteiger partial charge in [-0.2, -0.15) is 0 Å². The highest BCUT2D eigenvalue weighted by Gasteiger charge is 2.14. The minimum atomic E-state index is -0.301. The SMILES string of the molecule is CCOc1cc(CNCCCN2CCOCC2)cc(Cl)c1OCc1ccccc1F.Cl.Cl. The molecule has 5 nitrogen and oxygen atoms in total. The molecule has 1 aliphatic heterocycles. The molecule has 2 aromatic rings. The van der Waals surface area contributed by atoms with Gasteiger partial charge >= 0.3 is 0 Å². The lowest BCUT2D eigenvalue weighted by Crippen LogP contribution is -2.37. The summed E-state index contributed by atoms with van der Waals surface area (Å²) in [5.74, 6) is 0.716. The molecular weight excluding hydrogens is 478 g/mol. The molecule has 1 N–H and O–H groups in total. The normalized spacial score (nSPS) is 13.7. The van der Waals surface area contributed by atoms with Crippen molar-refractivity contribution in [3.63, 3.8) is 0 Å². The van der Waals surface area contributed by atoms with Gasteiger partial charge in [0.2, 0.25) is 0 Å². The monoisotopic (exact) mass is 508 g/mol. The van der Waals surface area contributed by atoms with Crippen molar-refractivity contribution in [1.82, 2.24) is 10.2 Å². The first-order valence-corrected chi connectivity index (χ1v) is 10.9. The van der Waals surface area contributed by atoms with Gasteiger partial charge in [-0.3, -0.25) is 4.90 Å². The first kappa shape index (κ1) is 28.8. The Labute approximate surface area is 207 Å². The number of nitrogens with zero attached hydrogens (tertiary/aromatic N) is 1. The standard InChI is InChI=1S/C23H30ClFN2O3.2ClH/c1-2-29-22-15-18(16-26-8-5-9-27-10-12-28-13-11-27)14-20(24)23(22)30-17-19-6-3-4-7-21(19)25;;/h3-4,6-7,14-15,26H,2,5,8-13,16-17H2,1H3;2*1H. The topological polar surface area (TPSA) is 43.0 Å². The number of halogens is 4. The van der Waals surface area contributed by atoms with Gasteiger partial charge < -0.3 is 19.5 Å². The third kappa shape index (κ3) is 8.93. The highest BCUT2D eigenvalue weighted by Crippen LogP contribution is 2.37. The minimum absolute atomic E-state index is 0. The molecule has 1 fully saturated rings. The van der Waals surface area contributed by atoms with Gasteiger partial charge in [-0.05, 0) is 50.2 Å². The van der Waals surface area contributed by atoms with E-state index in [-0.39, 0.29) is 37.2 Å². The van der Waals surface area contributed by atoms with Crippen molar-refractivity contribution in [2.75, 3.05) is 46.0 Å². The van der Waals surface area contributed by atoms with Crippen molar-refractivity contribution in [2.45, 2.75) is 26.5 Å². The van der Waals surface area contributed by atoms with Crippen LogP contribution in [0.25, 0.3) is 0 Å². The van der Waals surface area contributed by atoms with Gasteiger partial charge in [-0.1, -0.05) is 29.8 Å². The molecule has 0 radical (unpaired) electrons. The molecule has 0 spiro atoms. The number of nitrogens with one attached hydrogen (secondary N) is 1. The fraction of sp³-hybridized carbons (Fsp3) is 0.478. The highest BCUT2D eigenvalue weighted by molar-refractivity contribution is 6.32. The van der Waals surface area contributed by atoms with Gasteiger partial charge in [0.15, 0.2) is 11.5 Å². The minimum Gasteiger partial charge on any atom is -0.490 e. The fourth-order valence-electron chi connectivity index (χ4n) is 3.38. The largest absolute Gasteiger partial charge is 0.490 e. The molecule has 9 heteroatoms. The van der Waals surface area contributed by atoms with Crippen LogP contribution in [0.3, 0.4) is 0 Å². The van der Waals surface area contributed by atoms with E-state index in [9.17, 15) is 4.39 Å². The van der Waals surface area contributed by atoms with E-state index in [1.54, 1.807) is 18.2 Å². The summed E-state index contributed by atoms with van der Waals surface area (Å²) in [6.07, 6.45) is 1.08. The molecule has 0 unspecified atom stereocenters. The van der Waals surface area contributed by atoms with Crippen LogP contribution in [0, 0.1) is 5.82 Å². The van der Waals surface area contributed by atoms with Gasteiger partial charge in [0, 0.05) is 25.2 Å². The molecule has 0 saturated carbocycles. The van der Waals surface area contributed by atoms with Crippen LogP contribution in [-0.2, 0) is 17.9 Å². The maximum absolute atomic E-state index is 13.9. The van der Waals surface area contributed by atoms with Gasteiger partial charge in [-0.15, -0.1) is 24.8 Å². The maximum Gasteiger partial charge on any atom is 0.180 e. The summed E-state index contributed by atoms with van der Waals surface area (Å²) in [6, 6.07) is 10.3. The van der Waals surface area contributed by atoms with Crippen LogP contribution < -0.4 is 14.8 Å². The number of benzene rings is 2. The summed E-state index contributed by atoms with van der Waals surface area (Å²) in [5, 5.41) is 3.92. The molecular formula is C23H32Cl3FN2O3. The maximum atomic E-state index is 13.9. The fourth-order valence-corrected chi connectivity index (χ4v) is 3.66. The predicted octanol–water partition coefficient (Wildman–Crippen LogP) is 5.11. The second-order valence-electron chi connectivity index (χ2n) is 7.20. The van der Waals surface area contributed by atoms with Gasteiger partial charge in [0.25, 0.3) is 0 Å². The van der Waals surface area contributed by atoms with Gasteiger partial charge in [0.1, 0.15) is 12.4 Å². The van der Waals surface area contributed by atoms with Crippen LogP contribution >= 0.6 is 36.4 Å². The lowest BCUT2D eigenvalue weighted by atomic mass is 10.2. The molecule has 0 atom stereocenters. The van der Waals surface area contributed by atoms with Crippen LogP contribution in [-0.4, -0.2) is 50.9 Å². The Morgan fingerprint density at radius 1 is 1.12 bits per heavy atom. The van der Waals surface area contributed by atoms with Crippen molar-refractivity contribution in [1.29, 1.82) is 0 Å². The summed E-state index contributed by atoms with van der Waals surface area (Å²) < 4.78 is 30.8. The number of hydrogen-bond acceptors (Lipinski definition) is 5. The Morgan fingerprint density at radius 2 is 1.88 bits per heavy atom. The Kier molecular flexibility index (Phi) is 14.0. The molecule has 3 rings (SSSR count). The summed E-state index contributed by atoms with van der Waals surface area (Å²) in [6.45, 7) is 8.86. The average molecular weight is 510 g/mol. The number of morpholine rings is 1. The molecule has 2 aromatic carbocycles. The van der Waals surface area contributed by atoms with Crippen LogP contribution in [0.5, 0.6) is 11.5 Å². The summed E-state index contributed by atoms with van der Waals surface area (Å²) in [7, 11) is 0. The van der Waals surface area contributed by atoms with Crippen LogP contribution in [0.2, 0.25) is 5.02 Å². The van der Waals surface area contributed by atoms with Gasteiger partial charge in [0.05, 0.1) is 24.8 Å². The summed E-state index contributed by atoms with van der Waals surface area (Å²) in [4.78, 5) is 2.43. The molecule has 0 bridgehead atoms. The summed E-state index contributed by atoms with van der Waals surface area (Å²) in [5.41, 5.74) is 1.50. The molecule has 32 heavy (non-hydrogen) atoms. The van der Waals surface area contributed by atoms with Crippen LogP contribution in [0.15, 0.2) is 36.4 Å². The number of rotatable bonds is 11. The van der Waals surface area contributed by atoms with E-state index in [4.69, 9.17) is 25.8 Å². The zero-order chi connectivity index (χ0) is 21.2. The van der Waals surface area contributed by atoms with E-state index >= 15 is 0 Å². The van der Waals surface area contributed by atoms with Gasteiger partial charge in [-0.25, -0.2) is 4.39 Å². The highest BCUT2D eigenvalue weighted by atomic mass is 35.5. The predicted molar refractivity (Wildman–Crippen MR) is 131 cm³/mol. The third-order valence-electron chi connectivity index (χ3n) is 4.96. The zero-order valence-corrected chi connectivity index (χ0v) is 20.7. The second-order valence-corrected chi connectivity index (χ2v) is 7.61. The first-order valence-electron chi connectivity index (χ1n) is 10.5. The van der Waals surface area contributed by atoms with Crippen molar-refractivity contribution >= 4 is 36.4 Å². The Bertz CT molecular complexity index is 808. The van der Waals surface area contributed by atoms with E-state index in [0.717, 1.165) is 51.4 Å². The quantitative estimate of drug-likeness (QED) is 0.426. The van der Waals surface area contributed by atoms with E-state index in [1.807, 2.05) is 19.1 Å². The number of ether oxygens (including phenoxy) is 3. The van der Waals surface area contributed by atoms with Crippen molar-refractivity contribution in [2.24, 2.45) is 0 Å². The van der Waals surface area contributed by atoms with E-state index in [1.165, 1.54) is 6.07 Å². The van der Waals surface area contributed by atoms with E-state index in [0.29, 0.717) is 35.2 Å². The number of hydrogen-bond donors (Lipinski definition) is 1. The lowest BCUT2D eigenvalue weighted by Gasteiger charge is -2.26. The molecule has 1 heterocycles. The van der Waals surface area contributed by atoms with Crippen molar-refractivity contribution in [3.8, 4) is 11.5 Å². The Morgan fingerprint density at radius 3 is 2.59 bits per heavy atom. The average Bonchev–Trinajstić information content (AvgIpc) is 2.75. The zero-order valence-electron chi connectivity index (χ0n) is 18.3. The van der Waals surface area contributed by atoms with E-state index < -0.39 is 0 Å². The first-order chi connectivity index (χ1) is 14.7. The smallest absolute Gasteiger partial charge is 0.180 e. The molecule has 0 aliphatic carbocycles. The Balaban J connectivity index is 0.00000256. The second kappa shape index (κ2) is 15.5. The van der Waals surface area contributed by atoms with Crippen LogP contribution in [0.1, 0.15) is 24.5 Å². The van der Waals surface area contributed by atoms with Crippen molar-refractivity contribution in [3.05, 3.63) is 58.4 Å². The molecule has 0 amide bonds. The Hall–Kier alpha value is -1.28. The van der Waals surface area contributed by atoms with E-state index in [2.05, 4.69) is 10.2 Å². The van der Waals surface area contributed by atoms with Crippen LogP contribution in [0.4, 0.5) is 4.39 Å². The third-order valence-corrected chi connectivity index (χ3v) is 5.24. The molecule has 180 valence electrons.